The first-order chi connectivity index (χ1) is 10.8. The smallest absolute Gasteiger partial charge is 0.161 e. The standard InChI is InChI=1S/C9H9BrO2.C8H7BrO2/c1-6(11)7-4-3-5-8(12-2)9(7)10;1-5(10)6-3-2-4-7(11)8(6)9/h3-5H,1-2H3;2-4,11H,1H3. The number of aromatic hydroxyl groups is 1. The van der Waals surface area contributed by atoms with Gasteiger partial charge in [0, 0.05) is 11.1 Å². The number of Topliss-reactive ketones (excluding diaryl/α,β-unsaturated/α-hetero) is 2. The average molecular weight is 444 g/mol. The third-order valence-electron chi connectivity index (χ3n) is 2.92. The lowest BCUT2D eigenvalue weighted by atomic mass is 10.1. The summed E-state index contributed by atoms with van der Waals surface area (Å²) < 4.78 is 6.22. The molecule has 0 aromatic heterocycles. The number of benzene rings is 2. The fraction of sp³-hybridized carbons (Fsp3) is 0.176. The van der Waals surface area contributed by atoms with E-state index in [1.165, 1.54) is 19.9 Å². The first-order valence-corrected chi connectivity index (χ1v) is 8.20. The van der Waals surface area contributed by atoms with Gasteiger partial charge in [-0.1, -0.05) is 24.3 Å². The van der Waals surface area contributed by atoms with Crippen molar-refractivity contribution in [2.24, 2.45) is 0 Å². The van der Waals surface area contributed by atoms with Crippen LogP contribution in [0.25, 0.3) is 0 Å². The van der Waals surface area contributed by atoms with E-state index in [0.717, 1.165) is 4.47 Å². The maximum Gasteiger partial charge on any atom is 0.161 e. The van der Waals surface area contributed by atoms with Crippen LogP contribution >= 0.6 is 31.9 Å². The molecule has 0 saturated heterocycles. The zero-order valence-corrected chi connectivity index (χ0v) is 16.1. The summed E-state index contributed by atoms with van der Waals surface area (Å²) in [6, 6.07) is 10.2. The van der Waals surface area contributed by atoms with E-state index in [9.17, 15) is 9.59 Å². The predicted molar refractivity (Wildman–Crippen MR) is 96.5 cm³/mol. The largest absolute Gasteiger partial charge is 0.507 e. The van der Waals surface area contributed by atoms with Crippen molar-refractivity contribution < 1.29 is 19.4 Å². The van der Waals surface area contributed by atoms with Crippen molar-refractivity contribution in [1.29, 1.82) is 0 Å². The summed E-state index contributed by atoms with van der Waals surface area (Å²) in [6.07, 6.45) is 0. The lowest BCUT2D eigenvalue weighted by molar-refractivity contribution is 0.100. The molecule has 0 unspecified atom stereocenters. The topological polar surface area (TPSA) is 63.6 Å². The van der Waals surface area contributed by atoms with Gasteiger partial charge < -0.3 is 9.84 Å². The molecule has 2 aromatic carbocycles. The zero-order valence-electron chi connectivity index (χ0n) is 12.9. The number of carbonyl (C=O) groups is 2. The molecule has 2 aromatic rings. The third-order valence-corrected chi connectivity index (χ3v) is 4.57. The Kier molecular flexibility index (Phi) is 7.45. The van der Waals surface area contributed by atoms with Gasteiger partial charge in [0.05, 0.1) is 16.1 Å². The van der Waals surface area contributed by atoms with E-state index in [1.54, 1.807) is 37.4 Å². The van der Waals surface area contributed by atoms with Gasteiger partial charge in [-0.25, -0.2) is 0 Å². The fourth-order valence-electron chi connectivity index (χ4n) is 1.73. The number of rotatable bonds is 3. The second-order valence-corrected chi connectivity index (χ2v) is 6.16. The van der Waals surface area contributed by atoms with Crippen LogP contribution in [0.2, 0.25) is 0 Å². The highest BCUT2D eigenvalue weighted by atomic mass is 79.9. The van der Waals surface area contributed by atoms with Gasteiger partial charge in [0.25, 0.3) is 0 Å². The highest BCUT2D eigenvalue weighted by Gasteiger charge is 2.08. The minimum absolute atomic E-state index is 0.0285. The molecule has 0 heterocycles. The second kappa shape index (κ2) is 8.84. The van der Waals surface area contributed by atoms with Crippen LogP contribution in [0.3, 0.4) is 0 Å². The van der Waals surface area contributed by atoms with Crippen molar-refractivity contribution in [1.82, 2.24) is 0 Å². The first kappa shape index (κ1) is 19.4. The van der Waals surface area contributed by atoms with E-state index < -0.39 is 0 Å². The van der Waals surface area contributed by atoms with Crippen LogP contribution in [-0.2, 0) is 0 Å². The SMILES string of the molecule is CC(=O)c1cccc(O)c1Br.COc1cccc(C(C)=O)c1Br. The van der Waals surface area contributed by atoms with Gasteiger partial charge in [-0.15, -0.1) is 0 Å². The third kappa shape index (κ3) is 5.18. The van der Waals surface area contributed by atoms with E-state index in [0.29, 0.717) is 21.3 Å². The summed E-state index contributed by atoms with van der Waals surface area (Å²) in [5, 5.41) is 9.15. The minimum atomic E-state index is -0.0622. The van der Waals surface area contributed by atoms with Crippen LogP contribution in [0.15, 0.2) is 45.3 Å². The van der Waals surface area contributed by atoms with Crippen molar-refractivity contribution in [3.05, 3.63) is 56.5 Å². The van der Waals surface area contributed by atoms with Crippen LogP contribution in [0.5, 0.6) is 11.5 Å². The Balaban J connectivity index is 0.000000231. The van der Waals surface area contributed by atoms with E-state index in [-0.39, 0.29) is 17.3 Å². The molecule has 0 aliphatic heterocycles. The van der Waals surface area contributed by atoms with Crippen LogP contribution in [0.4, 0.5) is 0 Å². The maximum atomic E-state index is 11.0. The quantitative estimate of drug-likeness (QED) is 0.676. The van der Waals surface area contributed by atoms with E-state index >= 15 is 0 Å². The Morgan fingerprint density at radius 1 is 0.913 bits per heavy atom. The molecule has 4 nitrogen and oxygen atoms in total. The van der Waals surface area contributed by atoms with Gasteiger partial charge in [-0.3, -0.25) is 9.59 Å². The van der Waals surface area contributed by atoms with Crippen LogP contribution in [0, 0.1) is 0 Å². The number of hydrogen-bond donors (Lipinski definition) is 1. The molecule has 122 valence electrons. The summed E-state index contributed by atoms with van der Waals surface area (Å²) >= 11 is 6.41. The molecule has 2 rings (SSSR count). The first-order valence-electron chi connectivity index (χ1n) is 6.61. The number of methoxy groups -OCH3 is 1. The summed E-state index contributed by atoms with van der Waals surface area (Å²) in [6.45, 7) is 2.99. The molecule has 1 N–H and O–H groups in total. The molecule has 0 bridgehead atoms. The second-order valence-electron chi connectivity index (χ2n) is 4.57. The number of carbonyl (C=O) groups excluding carboxylic acids is 2. The van der Waals surface area contributed by atoms with Crippen molar-refractivity contribution >= 4 is 43.4 Å². The Bertz CT molecular complexity index is 727. The normalized spacial score (nSPS) is 9.61. The van der Waals surface area contributed by atoms with E-state index in [4.69, 9.17) is 9.84 Å². The summed E-state index contributed by atoms with van der Waals surface area (Å²) in [7, 11) is 1.57. The molecule has 0 fully saturated rings. The molecule has 0 aliphatic rings. The van der Waals surface area contributed by atoms with Crippen molar-refractivity contribution in [3.63, 3.8) is 0 Å². The van der Waals surface area contributed by atoms with Crippen LogP contribution in [0.1, 0.15) is 34.6 Å². The molecule has 0 radical (unpaired) electrons. The Morgan fingerprint density at radius 3 is 1.83 bits per heavy atom. The van der Waals surface area contributed by atoms with Crippen molar-refractivity contribution in [3.8, 4) is 11.5 Å². The Hall–Kier alpha value is -1.66. The monoisotopic (exact) mass is 442 g/mol. The van der Waals surface area contributed by atoms with Crippen LogP contribution in [-0.4, -0.2) is 23.8 Å². The van der Waals surface area contributed by atoms with Crippen LogP contribution < -0.4 is 4.74 Å². The number of phenols is 1. The van der Waals surface area contributed by atoms with Gasteiger partial charge in [0.15, 0.2) is 11.6 Å². The molecule has 6 heteroatoms. The van der Waals surface area contributed by atoms with Gasteiger partial charge in [-0.2, -0.15) is 0 Å². The molecule has 0 spiro atoms. The molecule has 0 aliphatic carbocycles. The molecule has 0 atom stereocenters. The van der Waals surface area contributed by atoms with E-state index in [1.807, 2.05) is 0 Å². The fourth-order valence-corrected chi connectivity index (χ4v) is 2.98. The summed E-state index contributed by atoms with van der Waals surface area (Å²) in [4.78, 5) is 21.9. The zero-order chi connectivity index (χ0) is 17.6. The molecular weight excluding hydrogens is 428 g/mol. The lowest BCUT2D eigenvalue weighted by Gasteiger charge is -2.05. The lowest BCUT2D eigenvalue weighted by Crippen LogP contribution is -1.95. The van der Waals surface area contributed by atoms with E-state index in [2.05, 4.69) is 31.9 Å². The van der Waals surface area contributed by atoms with Crippen molar-refractivity contribution in [2.75, 3.05) is 7.11 Å². The molecule has 0 saturated carbocycles. The summed E-state index contributed by atoms with van der Waals surface area (Å²) in [5.74, 6) is 0.744. The summed E-state index contributed by atoms with van der Waals surface area (Å²) in [5.41, 5.74) is 1.15. The number of phenolic OH excluding ortho intramolecular Hbond substituents is 1. The number of halogens is 2. The predicted octanol–water partition coefficient (Wildman–Crippen LogP) is 5.02. The number of ketones is 2. The number of hydrogen-bond acceptors (Lipinski definition) is 4. The maximum absolute atomic E-state index is 11.0. The highest BCUT2D eigenvalue weighted by molar-refractivity contribution is 9.11. The van der Waals surface area contributed by atoms with Crippen molar-refractivity contribution in [2.45, 2.75) is 13.8 Å². The molecule has 23 heavy (non-hydrogen) atoms. The van der Waals surface area contributed by atoms with Gasteiger partial charge >= 0.3 is 0 Å². The highest BCUT2D eigenvalue weighted by Crippen LogP contribution is 2.28. The van der Waals surface area contributed by atoms with Gasteiger partial charge in [-0.05, 0) is 57.8 Å². The van der Waals surface area contributed by atoms with Gasteiger partial charge in [0.1, 0.15) is 11.5 Å². The minimum Gasteiger partial charge on any atom is -0.507 e. The molecule has 0 amide bonds. The Morgan fingerprint density at radius 2 is 1.39 bits per heavy atom. The average Bonchev–Trinajstić information content (AvgIpc) is 2.50. The number of ether oxygens (including phenoxy) is 1. The Labute approximate surface area is 151 Å². The van der Waals surface area contributed by atoms with Gasteiger partial charge in [0.2, 0.25) is 0 Å². The molecular formula is C17H16Br2O4.